The summed E-state index contributed by atoms with van der Waals surface area (Å²) in [4.78, 5) is 3.09. The quantitative estimate of drug-likeness (QED) is 0.374. The highest BCUT2D eigenvalue weighted by atomic mass is 19.1. The second kappa shape index (κ2) is 5.60. The number of hydrogen-bond donors (Lipinski definition) is 6. The summed E-state index contributed by atoms with van der Waals surface area (Å²) in [6.07, 6.45) is 2.45. The van der Waals surface area contributed by atoms with E-state index in [1.165, 1.54) is 12.1 Å². The molecule has 0 fully saturated rings. The third kappa shape index (κ3) is 3.25. The van der Waals surface area contributed by atoms with Crippen molar-refractivity contribution in [1.29, 1.82) is 10.8 Å². The van der Waals surface area contributed by atoms with Crippen LogP contribution < -0.4 is 16.4 Å². The van der Waals surface area contributed by atoms with E-state index in [1.807, 2.05) is 13.1 Å². The zero-order valence-corrected chi connectivity index (χ0v) is 11.0. The molecule has 6 nitrogen and oxygen atoms in total. The molecule has 0 saturated carbocycles. The summed E-state index contributed by atoms with van der Waals surface area (Å²) in [6.45, 7) is 1.90. The minimum Gasteiger partial charge on any atom is -0.370 e. The van der Waals surface area contributed by atoms with Crippen LogP contribution in [0.1, 0.15) is 12.5 Å². The van der Waals surface area contributed by atoms with E-state index in [1.54, 1.807) is 6.07 Å². The van der Waals surface area contributed by atoms with Crippen molar-refractivity contribution < 1.29 is 4.39 Å². The lowest BCUT2D eigenvalue weighted by Crippen LogP contribution is -2.47. The monoisotopic (exact) mass is 276 g/mol. The Hall–Kier alpha value is -2.57. The highest BCUT2D eigenvalue weighted by molar-refractivity contribution is 5.95. The van der Waals surface area contributed by atoms with Crippen molar-refractivity contribution in [3.05, 3.63) is 35.8 Å². The van der Waals surface area contributed by atoms with Gasteiger partial charge in [-0.1, -0.05) is 0 Å². The Morgan fingerprint density at radius 3 is 2.90 bits per heavy atom. The van der Waals surface area contributed by atoms with Crippen LogP contribution >= 0.6 is 0 Å². The Labute approximate surface area is 115 Å². The molecular formula is C13H17FN6. The van der Waals surface area contributed by atoms with Crippen LogP contribution in [0.4, 0.5) is 4.39 Å². The van der Waals surface area contributed by atoms with Gasteiger partial charge in [-0.05, 0) is 37.1 Å². The van der Waals surface area contributed by atoms with Gasteiger partial charge < -0.3 is 16.0 Å². The molecule has 1 heterocycles. The molecule has 0 spiro atoms. The molecule has 2 rings (SSSR count). The van der Waals surface area contributed by atoms with Crippen molar-refractivity contribution in [3.63, 3.8) is 0 Å². The smallest absolute Gasteiger partial charge is 0.195 e. The van der Waals surface area contributed by atoms with Gasteiger partial charge in [-0.2, -0.15) is 0 Å². The largest absolute Gasteiger partial charge is 0.370 e. The van der Waals surface area contributed by atoms with Gasteiger partial charge in [0, 0.05) is 23.1 Å². The van der Waals surface area contributed by atoms with Crippen LogP contribution in [0.5, 0.6) is 0 Å². The normalized spacial score (nSPS) is 12.1. The Morgan fingerprint density at radius 1 is 1.45 bits per heavy atom. The third-order valence-electron chi connectivity index (χ3n) is 2.91. The predicted octanol–water partition coefficient (Wildman–Crippen LogP) is 1.25. The number of nitrogens with two attached hydrogens (primary N) is 1. The Balaban J connectivity index is 2.06. The SMILES string of the molecule is CC(Cc1c[nH]c2ccc(F)cc12)NC(=N)NC(=N)N. The van der Waals surface area contributed by atoms with Gasteiger partial charge >= 0.3 is 0 Å². The molecular weight excluding hydrogens is 259 g/mol. The zero-order valence-electron chi connectivity index (χ0n) is 11.0. The van der Waals surface area contributed by atoms with Crippen LogP contribution in [0.2, 0.25) is 0 Å². The molecule has 0 saturated heterocycles. The van der Waals surface area contributed by atoms with Gasteiger partial charge in [-0.15, -0.1) is 0 Å². The fourth-order valence-electron chi connectivity index (χ4n) is 2.12. The van der Waals surface area contributed by atoms with Crippen molar-refractivity contribution in [1.82, 2.24) is 15.6 Å². The highest BCUT2D eigenvalue weighted by Crippen LogP contribution is 2.20. The molecule has 0 aliphatic heterocycles. The van der Waals surface area contributed by atoms with Gasteiger partial charge in [0.15, 0.2) is 11.9 Å². The summed E-state index contributed by atoms with van der Waals surface area (Å²) < 4.78 is 13.3. The topological polar surface area (TPSA) is 114 Å². The van der Waals surface area contributed by atoms with E-state index < -0.39 is 0 Å². The number of H-pyrrole nitrogens is 1. The summed E-state index contributed by atoms with van der Waals surface area (Å²) >= 11 is 0. The molecule has 7 N–H and O–H groups in total. The molecule has 1 unspecified atom stereocenters. The first-order valence-electron chi connectivity index (χ1n) is 6.17. The molecule has 0 aliphatic carbocycles. The van der Waals surface area contributed by atoms with Crippen LogP contribution in [0.15, 0.2) is 24.4 Å². The molecule has 20 heavy (non-hydrogen) atoms. The van der Waals surface area contributed by atoms with E-state index in [0.29, 0.717) is 6.42 Å². The molecule has 1 atom stereocenters. The number of nitrogens with one attached hydrogen (secondary N) is 5. The number of benzene rings is 1. The number of halogens is 1. The first-order valence-corrected chi connectivity index (χ1v) is 6.17. The van der Waals surface area contributed by atoms with Crippen LogP contribution in [0.25, 0.3) is 10.9 Å². The van der Waals surface area contributed by atoms with Crippen LogP contribution in [-0.4, -0.2) is 22.9 Å². The summed E-state index contributed by atoms with van der Waals surface area (Å²) in [5.41, 5.74) is 6.99. The summed E-state index contributed by atoms with van der Waals surface area (Å²) in [5, 5.41) is 20.7. The van der Waals surface area contributed by atoms with Gasteiger partial charge in [-0.25, -0.2) is 4.39 Å². The Morgan fingerprint density at radius 2 is 2.20 bits per heavy atom. The molecule has 0 bridgehead atoms. The minimum atomic E-state index is -0.288. The van der Waals surface area contributed by atoms with Crippen molar-refractivity contribution in [2.24, 2.45) is 5.73 Å². The molecule has 2 aromatic rings. The lowest BCUT2D eigenvalue weighted by Gasteiger charge is -2.15. The average molecular weight is 276 g/mol. The van der Waals surface area contributed by atoms with Crippen molar-refractivity contribution >= 4 is 22.8 Å². The fourth-order valence-corrected chi connectivity index (χ4v) is 2.12. The lowest BCUT2D eigenvalue weighted by molar-refractivity contribution is 0.628. The van der Waals surface area contributed by atoms with E-state index in [9.17, 15) is 4.39 Å². The van der Waals surface area contributed by atoms with E-state index >= 15 is 0 Å². The third-order valence-corrected chi connectivity index (χ3v) is 2.91. The zero-order chi connectivity index (χ0) is 14.7. The molecule has 106 valence electrons. The van der Waals surface area contributed by atoms with Gasteiger partial charge in [0.25, 0.3) is 0 Å². The van der Waals surface area contributed by atoms with Crippen LogP contribution in [0, 0.1) is 16.6 Å². The van der Waals surface area contributed by atoms with Crippen LogP contribution in [0.3, 0.4) is 0 Å². The number of aromatic nitrogens is 1. The highest BCUT2D eigenvalue weighted by Gasteiger charge is 2.10. The predicted molar refractivity (Wildman–Crippen MR) is 77.3 cm³/mol. The fraction of sp³-hybridized carbons (Fsp3) is 0.231. The van der Waals surface area contributed by atoms with Gasteiger partial charge in [0.1, 0.15) is 5.82 Å². The molecule has 0 amide bonds. The van der Waals surface area contributed by atoms with Gasteiger partial charge in [0.2, 0.25) is 0 Å². The number of hydrogen-bond acceptors (Lipinski definition) is 2. The van der Waals surface area contributed by atoms with E-state index in [0.717, 1.165) is 16.5 Å². The second-order valence-corrected chi connectivity index (χ2v) is 4.67. The maximum Gasteiger partial charge on any atom is 0.195 e. The van der Waals surface area contributed by atoms with Gasteiger partial charge in [0.05, 0.1) is 0 Å². The van der Waals surface area contributed by atoms with E-state index in [4.69, 9.17) is 16.6 Å². The maximum absolute atomic E-state index is 13.3. The molecule has 0 aliphatic rings. The first kappa shape index (κ1) is 13.9. The number of rotatable bonds is 3. The Kier molecular flexibility index (Phi) is 3.88. The number of aromatic amines is 1. The average Bonchev–Trinajstić information content (AvgIpc) is 2.70. The number of fused-ring (bicyclic) bond motifs is 1. The minimum absolute atomic E-state index is 0.0315. The molecule has 0 radical (unpaired) electrons. The second-order valence-electron chi connectivity index (χ2n) is 4.67. The maximum atomic E-state index is 13.3. The Bertz CT molecular complexity index is 647. The standard InChI is InChI=1S/C13H17FN6/c1-7(19-13(17)20-12(15)16)4-8-6-18-11-3-2-9(14)5-10(8)11/h2-3,5-7,18H,4H2,1H3,(H6,15,16,17,19,20). The summed E-state index contributed by atoms with van der Waals surface area (Å²) in [7, 11) is 0. The number of guanidine groups is 2. The van der Waals surface area contributed by atoms with Crippen molar-refractivity contribution in [3.8, 4) is 0 Å². The molecule has 1 aromatic heterocycles. The lowest BCUT2D eigenvalue weighted by atomic mass is 10.1. The van der Waals surface area contributed by atoms with E-state index in [2.05, 4.69) is 15.6 Å². The molecule has 1 aromatic carbocycles. The first-order chi connectivity index (χ1) is 9.45. The molecule has 7 heteroatoms. The van der Waals surface area contributed by atoms with Gasteiger partial charge in [-0.3, -0.25) is 16.1 Å². The summed E-state index contributed by atoms with van der Waals surface area (Å²) in [6, 6.07) is 4.55. The van der Waals surface area contributed by atoms with Crippen LogP contribution in [-0.2, 0) is 6.42 Å². The van der Waals surface area contributed by atoms with Crippen molar-refractivity contribution in [2.45, 2.75) is 19.4 Å². The summed E-state index contributed by atoms with van der Waals surface area (Å²) in [5.74, 6) is -0.593. The van der Waals surface area contributed by atoms with Crippen molar-refractivity contribution in [2.75, 3.05) is 0 Å². The van der Waals surface area contributed by atoms with E-state index in [-0.39, 0.29) is 23.8 Å².